The summed E-state index contributed by atoms with van der Waals surface area (Å²) in [5, 5.41) is 0. The third kappa shape index (κ3) is 1.62. The average molecular weight is 175 g/mol. The van der Waals surface area contributed by atoms with Gasteiger partial charge in [-0.2, -0.15) is 0 Å². The lowest BCUT2D eigenvalue weighted by Crippen LogP contribution is -1.98. The first-order chi connectivity index (χ1) is 6.42. The number of aldehydes is 1. The molecule has 0 amide bonds. The second-order valence-electron chi connectivity index (χ2n) is 3.60. The molecule has 0 spiro atoms. The van der Waals surface area contributed by atoms with Crippen LogP contribution in [0.15, 0.2) is 18.5 Å². The summed E-state index contributed by atoms with van der Waals surface area (Å²) >= 11 is 0. The number of hydrogen-bond donors (Lipinski definition) is 0. The van der Waals surface area contributed by atoms with Gasteiger partial charge in [0.05, 0.1) is 0 Å². The Morgan fingerprint density at radius 2 is 2.15 bits per heavy atom. The maximum absolute atomic E-state index is 10.7. The molecule has 0 N–H and O–H groups in total. The fraction of sp³-hybridized carbons (Fsp3) is 0.455. The lowest BCUT2D eigenvalue weighted by atomic mass is 9.95. The van der Waals surface area contributed by atoms with Gasteiger partial charge < -0.3 is 0 Å². The van der Waals surface area contributed by atoms with Crippen LogP contribution in [0.25, 0.3) is 0 Å². The quantitative estimate of drug-likeness (QED) is 0.646. The van der Waals surface area contributed by atoms with Gasteiger partial charge in [-0.3, -0.25) is 9.78 Å². The minimum absolute atomic E-state index is 0.600. The lowest BCUT2D eigenvalue weighted by molar-refractivity contribution is 0.112. The van der Waals surface area contributed by atoms with E-state index in [0.717, 1.165) is 11.8 Å². The zero-order valence-electron chi connectivity index (χ0n) is 7.57. The van der Waals surface area contributed by atoms with Crippen LogP contribution < -0.4 is 0 Å². The number of aromatic nitrogens is 1. The monoisotopic (exact) mass is 175 g/mol. The summed E-state index contributed by atoms with van der Waals surface area (Å²) in [7, 11) is 0. The van der Waals surface area contributed by atoms with Crippen molar-refractivity contribution in [3.63, 3.8) is 0 Å². The Morgan fingerprint density at radius 1 is 1.38 bits per heavy atom. The molecule has 1 aliphatic carbocycles. The number of nitrogens with zero attached hydrogens (tertiary/aromatic N) is 1. The van der Waals surface area contributed by atoms with Crippen LogP contribution in [-0.4, -0.2) is 11.3 Å². The summed E-state index contributed by atoms with van der Waals surface area (Å²) in [6, 6.07) is 1.99. The Bertz CT molecular complexity index is 303. The number of carbonyl (C=O) groups excluding carboxylic acids is 1. The number of pyridine rings is 1. The van der Waals surface area contributed by atoms with Gasteiger partial charge in [-0.15, -0.1) is 0 Å². The topological polar surface area (TPSA) is 30.0 Å². The van der Waals surface area contributed by atoms with E-state index in [2.05, 4.69) is 4.98 Å². The summed E-state index contributed by atoms with van der Waals surface area (Å²) in [6.07, 6.45) is 9.41. The van der Waals surface area contributed by atoms with Crippen molar-refractivity contribution in [3.05, 3.63) is 29.6 Å². The van der Waals surface area contributed by atoms with E-state index in [4.69, 9.17) is 0 Å². The van der Waals surface area contributed by atoms with Gasteiger partial charge in [-0.1, -0.05) is 12.8 Å². The summed E-state index contributed by atoms with van der Waals surface area (Å²) in [4.78, 5) is 14.7. The fourth-order valence-electron chi connectivity index (χ4n) is 2.12. The third-order valence-corrected chi connectivity index (χ3v) is 2.81. The van der Waals surface area contributed by atoms with Crippen LogP contribution in [-0.2, 0) is 0 Å². The smallest absolute Gasteiger partial charge is 0.151 e. The van der Waals surface area contributed by atoms with Crippen LogP contribution in [0, 0.1) is 0 Å². The van der Waals surface area contributed by atoms with Gasteiger partial charge in [0, 0.05) is 18.0 Å². The van der Waals surface area contributed by atoms with Crippen LogP contribution >= 0.6 is 0 Å². The van der Waals surface area contributed by atoms with Crippen LogP contribution in [0.3, 0.4) is 0 Å². The normalized spacial score (nSPS) is 17.5. The van der Waals surface area contributed by atoms with E-state index in [-0.39, 0.29) is 0 Å². The molecule has 13 heavy (non-hydrogen) atoms. The van der Waals surface area contributed by atoms with E-state index < -0.39 is 0 Å². The molecule has 1 aromatic heterocycles. The Balaban J connectivity index is 2.31. The van der Waals surface area contributed by atoms with E-state index in [1.807, 2.05) is 6.07 Å². The SMILES string of the molecule is O=Cc1cnccc1C1CCCC1. The van der Waals surface area contributed by atoms with Crippen LogP contribution in [0.2, 0.25) is 0 Å². The van der Waals surface area contributed by atoms with Gasteiger partial charge >= 0.3 is 0 Å². The van der Waals surface area contributed by atoms with Crippen molar-refractivity contribution in [1.82, 2.24) is 4.98 Å². The molecule has 1 aromatic rings. The molecule has 2 rings (SSSR count). The zero-order valence-corrected chi connectivity index (χ0v) is 7.57. The van der Waals surface area contributed by atoms with E-state index in [0.29, 0.717) is 5.92 Å². The molecular formula is C11H13NO. The molecule has 1 heterocycles. The van der Waals surface area contributed by atoms with E-state index in [9.17, 15) is 4.79 Å². The van der Waals surface area contributed by atoms with Crippen molar-refractivity contribution in [2.24, 2.45) is 0 Å². The second-order valence-corrected chi connectivity index (χ2v) is 3.60. The molecule has 1 aliphatic rings. The van der Waals surface area contributed by atoms with Gasteiger partial charge in [0.25, 0.3) is 0 Å². The maximum Gasteiger partial charge on any atom is 0.151 e. The number of hydrogen-bond acceptors (Lipinski definition) is 2. The molecule has 0 unspecified atom stereocenters. The van der Waals surface area contributed by atoms with Crippen LogP contribution in [0.4, 0.5) is 0 Å². The van der Waals surface area contributed by atoms with Crippen molar-refractivity contribution in [2.75, 3.05) is 0 Å². The van der Waals surface area contributed by atoms with Crippen molar-refractivity contribution in [2.45, 2.75) is 31.6 Å². The van der Waals surface area contributed by atoms with Gasteiger partial charge in [-0.25, -0.2) is 0 Å². The highest BCUT2D eigenvalue weighted by atomic mass is 16.1. The molecule has 0 aliphatic heterocycles. The van der Waals surface area contributed by atoms with Gasteiger partial charge in [0.15, 0.2) is 6.29 Å². The Kier molecular flexibility index (Phi) is 2.39. The standard InChI is InChI=1S/C11H13NO/c13-8-10-7-12-6-5-11(10)9-3-1-2-4-9/h5-9H,1-4H2. The van der Waals surface area contributed by atoms with E-state index in [1.54, 1.807) is 12.4 Å². The van der Waals surface area contributed by atoms with Crippen LogP contribution in [0.5, 0.6) is 0 Å². The van der Waals surface area contributed by atoms with Crippen LogP contribution in [0.1, 0.15) is 47.5 Å². The van der Waals surface area contributed by atoms with Crippen molar-refractivity contribution >= 4 is 6.29 Å². The lowest BCUT2D eigenvalue weighted by Gasteiger charge is -2.10. The third-order valence-electron chi connectivity index (χ3n) is 2.81. The molecule has 1 saturated carbocycles. The van der Waals surface area contributed by atoms with Crippen molar-refractivity contribution in [3.8, 4) is 0 Å². The molecule has 2 heteroatoms. The van der Waals surface area contributed by atoms with Gasteiger partial charge in [-0.05, 0) is 30.4 Å². The molecular weight excluding hydrogens is 162 g/mol. The Hall–Kier alpha value is -1.18. The van der Waals surface area contributed by atoms with Crippen molar-refractivity contribution < 1.29 is 4.79 Å². The first-order valence-corrected chi connectivity index (χ1v) is 4.81. The number of carbonyl (C=O) groups is 1. The van der Waals surface area contributed by atoms with E-state index in [1.165, 1.54) is 31.2 Å². The minimum atomic E-state index is 0.600. The predicted molar refractivity (Wildman–Crippen MR) is 50.8 cm³/mol. The first kappa shape index (κ1) is 8.42. The van der Waals surface area contributed by atoms with E-state index >= 15 is 0 Å². The summed E-state index contributed by atoms with van der Waals surface area (Å²) in [5.74, 6) is 0.600. The highest BCUT2D eigenvalue weighted by molar-refractivity contribution is 5.76. The Morgan fingerprint density at radius 3 is 2.85 bits per heavy atom. The molecule has 2 nitrogen and oxygen atoms in total. The molecule has 0 bridgehead atoms. The zero-order chi connectivity index (χ0) is 9.10. The maximum atomic E-state index is 10.7. The van der Waals surface area contributed by atoms with Crippen molar-refractivity contribution in [1.29, 1.82) is 0 Å². The minimum Gasteiger partial charge on any atom is -0.298 e. The molecule has 68 valence electrons. The molecule has 0 aromatic carbocycles. The summed E-state index contributed by atoms with van der Waals surface area (Å²) < 4.78 is 0. The summed E-state index contributed by atoms with van der Waals surface area (Å²) in [6.45, 7) is 0. The molecule has 0 atom stereocenters. The summed E-state index contributed by atoms with van der Waals surface area (Å²) in [5.41, 5.74) is 1.97. The highest BCUT2D eigenvalue weighted by Gasteiger charge is 2.19. The molecule has 0 saturated heterocycles. The molecule has 1 fully saturated rings. The highest BCUT2D eigenvalue weighted by Crippen LogP contribution is 2.34. The molecule has 0 radical (unpaired) electrons. The Labute approximate surface area is 78.0 Å². The fourth-order valence-corrected chi connectivity index (χ4v) is 2.12. The van der Waals surface area contributed by atoms with Gasteiger partial charge in [0.2, 0.25) is 0 Å². The second kappa shape index (κ2) is 3.69. The first-order valence-electron chi connectivity index (χ1n) is 4.81. The predicted octanol–water partition coefficient (Wildman–Crippen LogP) is 2.55. The largest absolute Gasteiger partial charge is 0.298 e. The number of rotatable bonds is 2. The van der Waals surface area contributed by atoms with Gasteiger partial charge in [0.1, 0.15) is 0 Å². The average Bonchev–Trinajstić information content (AvgIpc) is 2.70.